The van der Waals surface area contributed by atoms with Crippen LogP contribution < -0.4 is 4.90 Å². The van der Waals surface area contributed by atoms with Crippen molar-refractivity contribution in [2.75, 3.05) is 4.90 Å². The molecule has 0 fully saturated rings. The Bertz CT molecular complexity index is 2920. The number of para-hydroxylation sites is 1. The minimum Gasteiger partial charge on any atom is -0.335 e. The molecule has 0 amide bonds. The third-order valence-corrected chi connectivity index (χ3v) is 11.8. The van der Waals surface area contributed by atoms with Crippen molar-refractivity contribution >= 4 is 49.6 Å². The molecule has 0 saturated heterocycles. The second kappa shape index (κ2) is 12.3. The van der Waals surface area contributed by atoms with Crippen LogP contribution in [0.4, 0.5) is 17.1 Å². The highest BCUT2D eigenvalue weighted by Gasteiger charge is 2.36. The molecule has 2 nitrogen and oxygen atoms in total. The molecule has 0 unspecified atom stereocenters. The largest absolute Gasteiger partial charge is 0.335 e. The van der Waals surface area contributed by atoms with Crippen molar-refractivity contribution in [2.24, 2.45) is 0 Å². The van der Waals surface area contributed by atoms with E-state index >= 15 is 0 Å². The molecule has 2 heteroatoms. The molecule has 1 aromatic heterocycles. The molecule has 0 atom stereocenters. The lowest BCUT2D eigenvalue weighted by molar-refractivity contribution is 0.423. The molecular formula is C53H44N2. The van der Waals surface area contributed by atoms with Crippen molar-refractivity contribution in [1.29, 1.82) is 0 Å². The maximum absolute atomic E-state index is 2.50. The maximum atomic E-state index is 2.50. The fraction of sp³-hybridized carbons (Fsp3) is 0.132. The minimum absolute atomic E-state index is 0.0630. The summed E-state index contributed by atoms with van der Waals surface area (Å²) in [7, 11) is 0. The van der Waals surface area contributed by atoms with E-state index in [1.807, 2.05) is 0 Å². The number of benzene rings is 8. The average Bonchev–Trinajstić information content (AvgIpc) is 3.67. The van der Waals surface area contributed by atoms with Crippen LogP contribution in [0.2, 0.25) is 0 Å². The number of hydrogen-bond acceptors (Lipinski definition) is 1. The zero-order valence-corrected chi connectivity index (χ0v) is 32.1. The predicted molar refractivity (Wildman–Crippen MR) is 235 cm³/mol. The van der Waals surface area contributed by atoms with Crippen molar-refractivity contribution in [2.45, 2.75) is 45.6 Å². The fourth-order valence-corrected chi connectivity index (χ4v) is 9.29. The van der Waals surface area contributed by atoms with Gasteiger partial charge in [0.15, 0.2) is 0 Å². The molecule has 0 radical (unpaired) electrons. The van der Waals surface area contributed by atoms with Crippen LogP contribution in [-0.2, 0) is 11.0 Å². The van der Waals surface area contributed by atoms with Gasteiger partial charge in [0.25, 0.3) is 0 Å². The third kappa shape index (κ3) is 5.23. The number of nitrogens with zero attached hydrogens (tertiary/aromatic N) is 2. The molecule has 0 saturated carbocycles. The Morgan fingerprint density at radius 3 is 1.89 bits per heavy atom. The first kappa shape index (κ1) is 33.2. The maximum Gasteiger partial charge on any atom is 0.0546 e. The molecule has 266 valence electrons. The van der Waals surface area contributed by atoms with Gasteiger partial charge in [-0.15, -0.1) is 0 Å². The average molecular weight is 709 g/mol. The van der Waals surface area contributed by atoms with Gasteiger partial charge >= 0.3 is 0 Å². The summed E-state index contributed by atoms with van der Waals surface area (Å²) in [5.74, 6) is 0. The van der Waals surface area contributed by atoms with Gasteiger partial charge in [-0.1, -0.05) is 147 Å². The van der Waals surface area contributed by atoms with Gasteiger partial charge in [0.1, 0.15) is 0 Å². The quantitative estimate of drug-likeness (QED) is 0.173. The number of fused-ring (bicyclic) bond motifs is 7. The van der Waals surface area contributed by atoms with Gasteiger partial charge in [0.2, 0.25) is 0 Å². The second-order valence-corrected chi connectivity index (χ2v) is 16.6. The Morgan fingerprint density at radius 2 is 1.09 bits per heavy atom. The Labute approximate surface area is 323 Å². The third-order valence-electron chi connectivity index (χ3n) is 11.8. The standard InChI is InChI=1S/C53H44N2/c1-52(2,3)55-48-22-14-12-20-44(48)45-30-25-38(33-50(45)55)35-23-27-39(28-24-35)54(40-29-31-43-42-19-11-13-21-46(42)53(4,5)47(43)34-40)49-32-26-36-15-9-10-18-41(36)51(49)37-16-7-6-8-17-37/h6-34H,1-5H3. The zero-order chi connectivity index (χ0) is 37.5. The van der Waals surface area contributed by atoms with E-state index in [0.29, 0.717) is 0 Å². The highest BCUT2D eigenvalue weighted by atomic mass is 15.1. The van der Waals surface area contributed by atoms with Crippen LogP contribution in [0.25, 0.3) is 66.0 Å². The van der Waals surface area contributed by atoms with Crippen molar-refractivity contribution in [3.8, 4) is 33.4 Å². The molecule has 1 aliphatic carbocycles. The van der Waals surface area contributed by atoms with Gasteiger partial charge in [-0.05, 0) is 113 Å². The van der Waals surface area contributed by atoms with Crippen LogP contribution in [0, 0.1) is 0 Å². The molecule has 0 aliphatic heterocycles. The number of hydrogen-bond donors (Lipinski definition) is 0. The monoisotopic (exact) mass is 708 g/mol. The molecule has 9 aromatic rings. The van der Waals surface area contributed by atoms with E-state index in [0.717, 1.165) is 17.1 Å². The summed E-state index contributed by atoms with van der Waals surface area (Å²) in [5.41, 5.74) is 16.0. The van der Waals surface area contributed by atoms with Gasteiger partial charge < -0.3 is 9.47 Å². The lowest BCUT2D eigenvalue weighted by atomic mass is 9.82. The number of rotatable bonds is 5. The van der Waals surface area contributed by atoms with Crippen LogP contribution in [0.15, 0.2) is 176 Å². The Balaban J connectivity index is 1.16. The Morgan fingerprint density at radius 1 is 0.455 bits per heavy atom. The van der Waals surface area contributed by atoms with Crippen molar-refractivity contribution in [3.63, 3.8) is 0 Å². The van der Waals surface area contributed by atoms with E-state index < -0.39 is 0 Å². The summed E-state index contributed by atoms with van der Waals surface area (Å²) in [4.78, 5) is 2.47. The molecule has 55 heavy (non-hydrogen) atoms. The van der Waals surface area contributed by atoms with Crippen LogP contribution in [0.1, 0.15) is 45.7 Å². The summed E-state index contributed by atoms with van der Waals surface area (Å²) in [6.07, 6.45) is 0. The Kier molecular flexibility index (Phi) is 7.44. The first-order valence-corrected chi connectivity index (χ1v) is 19.4. The lowest BCUT2D eigenvalue weighted by Crippen LogP contribution is -2.21. The van der Waals surface area contributed by atoms with Gasteiger partial charge in [-0.25, -0.2) is 0 Å². The van der Waals surface area contributed by atoms with E-state index in [2.05, 4.69) is 220 Å². The predicted octanol–water partition coefficient (Wildman–Crippen LogP) is 14.8. The molecule has 10 rings (SSSR count). The molecule has 1 heterocycles. The zero-order valence-electron chi connectivity index (χ0n) is 32.1. The van der Waals surface area contributed by atoms with Crippen molar-refractivity contribution in [1.82, 2.24) is 4.57 Å². The molecule has 0 N–H and O–H groups in total. The van der Waals surface area contributed by atoms with E-state index in [4.69, 9.17) is 0 Å². The molecule has 0 bridgehead atoms. The van der Waals surface area contributed by atoms with Gasteiger partial charge in [-0.3, -0.25) is 0 Å². The second-order valence-electron chi connectivity index (χ2n) is 16.6. The van der Waals surface area contributed by atoms with E-state index in [1.165, 1.54) is 77.1 Å². The highest BCUT2D eigenvalue weighted by molar-refractivity contribution is 6.09. The molecule has 1 aliphatic rings. The van der Waals surface area contributed by atoms with Crippen LogP contribution in [-0.4, -0.2) is 4.57 Å². The summed E-state index contributed by atoms with van der Waals surface area (Å²) < 4.78 is 2.50. The first-order valence-electron chi connectivity index (χ1n) is 19.4. The first-order chi connectivity index (χ1) is 26.7. The van der Waals surface area contributed by atoms with E-state index in [9.17, 15) is 0 Å². The summed E-state index contributed by atoms with van der Waals surface area (Å²) in [5, 5.41) is 5.07. The summed E-state index contributed by atoms with van der Waals surface area (Å²) in [6, 6.07) is 65.2. The van der Waals surface area contributed by atoms with E-state index in [1.54, 1.807) is 0 Å². The molecule has 0 spiro atoms. The van der Waals surface area contributed by atoms with E-state index in [-0.39, 0.29) is 11.0 Å². The molecular weight excluding hydrogens is 665 g/mol. The van der Waals surface area contributed by atoms with Gasteiger partial charge in [0.05, 0.1) is 11.2 Å². The van der Waals surface area contributed by atoms with Gasteiger partial charge in [-0.2, -0.15) is 0 Å². The van der Waals surface area contributed by atoms with Crippen LogP contribution >= 0.6 is 0 Å². The summed E-state index contributed by atoms with van der Waals surface area (Å²) >= 11 is 0. The molecule has 8 aromatic carbocycles. The SMILES string of the molecule is CC1(C)c2ccccc2-c2ccc(N(c3ccc(-c4ccc5c6ccccc6n(C(C)(C)C)c5c4)cc3)c3ccc4ccccc4c3-c3ccccc3)cc21. The number of anilines is 3. The summed E-state index contributed by atoms with van der Waals surface area (Å²) in [6.45, 7) is 11.6. The van der Waals surface area contributed by atoms with Gasteiger partial charge in [0, 0.05) is 44.2 Å². The fourth-order valence-electron chi connectivity index (χ4n) is 9.29. The Hall–Kier alpha value is -6.38. The smallest absolute Gasteiger partial charge is 0.0546 e. The van der Waals surface area contributed by atoms with Crippen LogP contribution in [0.3, 0.4) is 0 Å². The number of aromatic nitrogens is 1. The topological polar surface area (TPSA) is 8.17 Å². The van der Waals surface area contributed by atoms with Crippen molar-refractivity contribution < 1.29 is 0 Å². The lowest BCUT2D eigenvalue weighted by Gasteiger charge is -2.30. The minimum atomic E-state index is -0.114. The highest BCUT2D eigenvalue weighted by Crippen LogP contribution is 2.52. The normalized spacial score (nSPS) is 13.3. The van der Waals surface area contributed by atoms with Crippen LogP contribution in [0.5, 0.6) is 0 Å². The van der Waals surface area contributed by atoms with Crippen molar-refractivity contribution in [3.05, 3.63) is 187 Å².